The fourth-order valence-corrected chi connectivity index (χ4v) is 4.31. The molecule has 4 rings (SSSR count). The van der Waals surface area contributed by atoms with E-state index >= 15 is 0 Å². The van der Waals surface area contributed by atoms with Gasteiger partial charge in [0, 0.05) is 36.6 Å². The minimum atomic E-state index is -0.357. The van der Waals surface area contributed by atoms with E-state index in [4.69, 9.17) is 0 Å². The molecule has 0 spiro atoms. The molecule has 3 aromatic rings. The molecule has 0 bridgehead atoms. The van der Waals surface area contributed by atoms with Crippen LogP contribution in [0.15, 0.2) is 66.7 Å². The van der Waals surface area contributed by atoms with Crippen molar-refractivity contribution in [2.24, 2.45) is 0 Å². The van der Waals surface area contributed by atoms with Gasteiger partial charge in [-0.2, -0.15) is 0 Å². The molecular weight excluding hydrogens is 405 g/mol. The summed E-state index contributed by atoms with van der Waals surface area (Å²) in [6.45, 7) is 4.45. The maximum Gasteiger partial charge on any atom is 0.251 e. The van der Waals surface area contributed by atoms with Gasteiger partial charge in [-0.1, -0.05) is 36.4 Å². The highest BCUT2D eigenvalue weighted by atomic mass is 19.1. The Balaban J connectivity index is 1.33. The average molecular weight is 434 g/mol. The van der Waals surface area contributed by atoms with Crippen LogP contribution in [-0.4, -0.2) is 48.9 Å². The van der Waals surface area contributed by atoms with Crippen LogP contribution in [0.2, 0.25) is 0 Å². The summed E-state index contributed by atoms with van der Waals surface area (Å²) in [5, 5.41) is 5.22. The molecule has 1 saturated heterocycles. The van der Waals surface area contributed by atoms with Crippen molar-refractivity contribution in [2.45, 2.75) is 25.8 Å². The maximum absolute atomic E-state index is 13.1. The molecule has 0 unspecified atom stereocenters. The lowest BCUT2D eigenvalue weighted by Crippen LogP contribution is -2.48. The maximum atomic E-state index is 13.1. The second kappa shape index (κ2) is 9.92. The minimum absolute atomic E-state index is 0.0549. The zero-order chi connectivity index (χ0) is 22.5. The quantitative estimate of drug-likeness (QED) is 0.633. The SMILES string of the molecule is CCN(C(=O)CN1CCC(NC(=O)c2ccc(F)cc2)CC1)c1cccc2ccccc12. The molecule has 3 aromatic carbocycles. The number of carbonyl (C=O) groups excluding carboxylic acids is 2. The lowest BCUT2D eigenvalue weighted by Gasteiger charge is -2.33. The van der Waals surface area contributed by atoms with Crippen molar-refractivity contribution in [2.75, 3.05) is 31.1 Å². The number of likely N-dealkylation sites (N-methyl/N-ethyl adjacent to an activating group) is 1. The Morgan fingerprint density at radius 2 is 1.69 bits per heavy atom. The molecule has 6 heteroatoms. The first-order valence-electron chi connectivity index (χ1n) is 11.1. The summed E-state index contributed by atoms with van der Waals surface area (Å²) in [6, 6.07) is 19.8. The zero-order valence-electron chi connectivity index (χ0n) is 18.3. The first-order valence-corrected chi connectivity index (χ1v) is 11.1. The second-order valence-corrected chi connectivity index (χ2v) is 8.17. The molecule has 1 fully saturated rings. The smallest absolute Gasteiger partial charge is 0.251 e. The molecule has 0 radical (unpaired) electrons. The van der Waals surface area contributed by atoms with Crippen molar-refractivity contribution in [1.82, 2.24) is 10.2 Å². The van der Waals surface area contributed by atoms with E-state index in [2.05, 4.69) is 28.4 Å². The molecule has 32 heavy (non-hydrogen) atoms. The lowest BCUT2D eigenvalue weighted by atomic mass is 10.0. The van der Waals surface area contributed by atoms with E-state index in [0.29, 0.717) is 18.7 Å². The van der Waals surface area contributed by atoms with Crippen molar-refractivity contribution in [3.63, 3.8) is 0 Å². The third kappa shape index (κ3) is 4.97. The topological polar surface area (TPSA) is 52.7 Å². The van der Waals surface area contributed by atoms with Gasteiger partial charge in [0.15, 0.2) is 0 Å². The van der Waals surface area contributed by atoms with E-state index in [1.165, 1.54) is 24.3 Å². The Kier molecular flexibility index (Phi) is 6.81. The zero-order valence-corrected chi connectivity index (χ0v) is 18.3. The monoisotopic (exact) mass is 433 g/mol. The van der Waals surface area contributed by atoms with Crippen molar-refractivity contribution < 1.29 is 14.0 Å². The predicted octanol–water partition coefficient (Wildman–Crippen LogP) is 4.23. The number of halogens is 1. The third-order valence-corrected chi connectivity index (χ3v) is 6.06. The summed E-state index contributed by atoms with van der Waals surface area (Å²) in [7, 11) is 0. The van der Waals surface area contributed by atoms with Crippen molar-refractivity contribution in [3.8, 4) is 0 Å². The Bertz CT molecular complexity index is 1090. The van der Waals surface area contributed by atoms with Crippen LogP contribution in [0.3, 0.4) is 0 Å². The standard InChI is InChI=1S/C26H28FN3O2/c1-2-30(24-9-5-7-19-6-3-4-8-23(19)24)25(31)18-29-16-14-22(15-17-29)28-26(32)20-10-12-21(27)13-11-20/h3-13,22H,2,14-18H2,1H3,(H,28,32). The minimum Gasteiger partial charge on any atom is -0.349 e. The number of carbonyl (C=O) groups is 2. The van der Waals surface area contributed by atoms with Crippen LogP contribution in [0.25, 0.3) is 10.8 Å². The number of nitrogens with zero attached hydrogens (tertiary/aromatic N) is 2. The molecule has 1 heterocycles. The van der Waals surface area contributed by atoms with Gasteiger partial charge in [-0.25, -0.2) is 4.39 Å². The van der Waals surface area contributed by atoms with Gasteiger partial charge in [0.25, 0.3) is 5.91 Å². The highest BCUT2D eigenvalue weighted by Crippen LogP contribution is 2.27. The molecule has 166 valence electrons. The van der Waals surface area contributed by atoms with E-state index in [1.807, 2.05) is 36.1 Å². The van der Waals surface area contributed by atoms with Gasteiger partial charge in [-0.15, -0.1) is 0 Å². The van der Waals surface area contributed by atoms with E-state index in [-0.39, 0.29) is 23.7 Å². The highest BCUT2D eigenvalue weighted by molar-refractivity contribution is 6.04. The number of rotatable bonds is 6. The van der Waals surface area contributed by atoms with Crippen LogP contribution >= 0.6 is 0 Å². The fraction of sp³-hybridized carbons (Fsp3) is 0.308. The summed E-state index contributed by atoms with van der Waals surface area (Å²) >= 11 is 0. The van der Waals surface area contributed by atoms with Crippen molar-refractivity contribution in [1.29, 1.82) is 0 Å². The second-order valence-electron chi connectivity index (χ2n) is 8.17. The van der Waals surface area contributed by atoms with Crippen LogP contribution < -0.4 is 10.2 Å². The summed E-state index contributed by atoms with van der Waals surface area (Å²) < 4.78 is 13.1. The van der Waals surface area contributed by atoms with Gasteiger partial charge in [-0.3, -0.25) is 14.5 Å². The van der Waals surface area contributed by atoms with Gasteiger partial charge in [0.2, 0.25) is 5.91 Å². The Morgan fingerprint density at radius 1 is 1.00 bits per heavy atom. The molecule has 2 amide bonds. The number of anilines is 1. The summed E-state index contributed by atoms with van der Waals surface area (Å²) in [5.74, 6) is -0.463. The van der Waals surface area contributed by atoms with Gasteiger partial charge >= 0.3 is 0 Å². The largest absolute Gasteiger partial charge is 0.349 e. The normalized spacial score (nSPS) is 14.9. The number of nitrogens with one attached hydrogen (secondary N) is 1. The van der Waals surface area contributed by atoms with Gasteiger partial charge in [-0.05, 0) is 55.5 Å². The average Bonchev–Trinajstić information content (AvgIpc) is 2.81. The number of fused-ring (bicyclic) bond motifs is 1. The molecule has 5 nitrogen and oxygen atoms in total. The molecule has 0 aliphatic carbocycles. The van der Waals surface area contributed by atoms with E-state index < -0.39 is 0 Å². The summed E-state index contributed by atoms with van der Waals surface area (Å²) in [6.07, 6.45) is 1.56. The molecule has 1 N–H and O–H groups in total. The van der Waals surface area contributed by atoms with Crippen LogP contribution in [0, 0.1) is 5.82 Å². The molecule has 0 aromatic heterocycles. The number of piperidine rings is 1. The third-order valence-electron chi connectivity index (χ3n) is 6.06. The van der Waals surface area contributed by atoms with Gasteiger partial charge in [0.05, 0.1) is 12.2 Å². The number of benzene rings is 3. The molecule has 0 saturated carbocycles. The highest BCUT2D eigenvalue weighted by Gasteiger charge is 2.25. The van der Waals surface area contributed by atoms with E-state index in [9.17, 15) is 14.0 Å². The summed E-state index contributed by atoms with van der Waals surface area (Å²) in [4.78, 5) is 29.5. The van der Waals surface area contributed by atoms with Crippen LogP contribution in [0.5, 0.6) is 0 Å². The first-order chi connectivity index (χ1) is 15.5. The van der Waals surface area contributed by atoms with Crippen molar-refractivity contribution in [3.05, 3.63) is 78.1 Å². The number of hydrogen-bond donors (Lipinski definition) is 1. The molecule has 0 atom stereocenters. The predicted molar refractivity (Wildman–Crippen MR) is 125 cm³/mol. The number of hydrogen-bond acceptors (Lipinski definition) is 3. The van der Waals surface area contributed by atoms with Gasteiger partial charge in [0.1, 0.15) is 5.82 Å². The first kappa shape index (κ1) is 22.0. The van der Waals surface area contributed by atoms with E-state index in [0.717, 1.165) is 42.4 Å². The van der Waals surface area contributed by atoms with Crippen LogP contribution in [0.4, 0.5) is 10.1 Å². The molecular formula is C26H28FN3O2. The molecule has 1 aliphatic heterocycles. The summed E-state index contributed by atoms with van der Waals surface area (Å²) in [5.41, 5.74) is 1.40. The Morgan fingerprint density at radius 3 is 2.41 bits per heavy atom. The van der Waals surface area contributed by atoms with E-state index in [1.54, 1.807) is 0 Å². The van der Waals surface area contributed by atoms with Crippen LogP contribution in [-0.2, 0) is 4.79 Å². The number of amides is 2. The lowest BCUT2D eigenvalue weighted by molar-refractivity contribution is -0.120. The van der Waals surface area contributed by atoms with Crippen LogP contribution in [0.1, 0.15) is 30.1 Å². The molecule has 1 aliphatic rings. The van der Waals surface area contributed by atoms with Gasteiger partial charge < -0.3 is 10.2 Å². The fourth-order valence-electron chi connectivity index (χ4n) is 4.31. The Labute approximate surface area is 187 Å². The Hall–Kier alpha value is -3.25. The van der Waals surface area contributed by atoms with Crippen molar-refractivity contribution >= 4 is 28.3 Å². The number of likely N-dealkylation sites (tertiary alicyclic amines) is 1.